The minimum Gasteiger partial charge on any atom is -0.385 e. The van der Waals surface area contributed by atoms with Gasteiger partial charge in [-0.05, 0) is 25.8 Å². The molecule has 96 valence electrons. The zero-order chi connectivity index (χ0) is 12.8. The fraction of sp³-hybridized carbons (Fsp3) is 0.667. The highest BCUT2D eigenvalue weighted by atomic mass is 16.5. The number of rotatable bonds is 6. The lowest BCUT2D eigenvalue weighted by Gasteiger charge is -2.21. The van der Waals surface area contributed by atoms with E-state index in [-0.39, 0.29) is 0 Å². The molecule has 17 heavy (non-hydrogen) atoms. The smallest absolute Gasteiger partial charge is 0.155 e. The topological polar surface area (TPSA) is 64.3 Å². The van der Waals surface area contributed by atoms with E-state index in [2.05, 4.69) is 15.1 Å². The summed E-state index contributed by atoms with van der Waals surface area (Å²) < 4.78 is 5.04. The second-order valence-electron chi connectivity index (χ2n) is 4.18. The summed E-state index contributed by atoms with van der Waals surface area (Å²) in [6.07, 6.45) is 0.964. The van der Waals surface area contributed by atoms with Crippen LogP contribution in [0.5, 0.6) is 0 Å². The van der Waals surface area contributed by atoms with Crippen molar-refractivity contribution in [3.63, 3.8) is 0 Å². The van der Waals surface area contributed by atoms with E-state index in [1.165, 1.54) is 0 Å². The van der Waals surface area contributed by atoms with Crippen LogP contribution in [0.3, 0.4) is 0 Å². The van der Waals surface area contributed by atoms with E-state index in [1.807, 2.05) is 20.9 Å². The van der Waals surface area contributed by atoms with E-state index < -0.39 is 0 Å². The molecule has 1 heterocycles. The highest BCUT2D eigenvalue weighted by Gasteiger charge is 2.13. The highest BCUT2D eigenvalue weighted by molar-refractivity contribution is 5.49. The summed E-state index contributed by atoms with van der Waals surface area (Å²) in [7, 11) is 3.72. The third-order valence-corrected chi connectivity index (χ3v) is 2.97. The molecule has 0 radical (unpaired) electrons. The first-order valence-electron chi connectivity index (χ1n) is 5.84. The summed E-state index contributed by atoms with van der Waals surface area (Å²) in [6, 6.07) is 0. The molecule has 0 saturated heterocycles. The van der Waals surface area contributed by atoms with Crippen LogP contribution in [0, 0.1) is 13.8 Å². The first kappa shape index (κ1) is 13.9. The Bertz CT molecular complexity index is 368. The summed E-state index contributed by atoms with van der Waals surface area (Å²) in [5, 5.41) is 8.40. The maximum absolute atomic E-state index is 5.79. The molecule has 1 rings (SSSR count). The van der Waals surface area contributed by atoms with Crippen LogP contribution in [0.2, 0.25) is 0 Å². The molecule has 1 aromatic rings. The summed E-state index contributed by atoms with van der Waals surface area (Å²) in [5.74, 6) is 0.881. The third-order valence-electron chi connectivity index (χ3n) is 2.97. The van der Waals surface area contributed by atoms with Gasteiger partial charge < -0.3 is 15.4 Å². The van der Waals surface area contributed by atoms with Gasteiger partial charge >= 0.3 is 0 Å². The van der Waals surface area contributed by atoms with E-state index in [0.29, 0.717) is 6.54 Å². The SMILES string of the molecule is COCCCN(C)c1nnc(C)c(C)c1CN. The van der Waals surface area contributed by atoms with Gasteiger partial charge in [0.2, 0.25) is 0 Å². The predicted molar refractivity (Wildman–Crippen MR) is 69.2 cm³/mol. The first-order valence-corrected chi connectivity index (χ1v) is 5.84. The number of hydrogen-bond donors (Lipinski definition) is 1. The van der Waals surface area contributed by atoms with Crippen molar-refractivity contribution < 1.29 is 4.74 Å². The van der Waals surface area contributed by atoms with Crippen LogP contribution in [0.15, 0.2) is 0 Å². The van der Waals surface area contributed by atoms with Crippen molar-refractivity contribution in [2.45, 2.75) is 26.8 Å². The molecule has 0 bridgehead atoms. The van der Waals surface area contributed by atoms with Gasteiger partial charge in [0.1, 0.15) is 0 Å². The summed E-state index contributed by atoms with van der Waals surface area (Å²) in [5.41, 5.74) is 8.95. The molecule has 0 spiro atoms. The molecule has 0 saturated carbocycles. The van der Waals surface area contributed by atoms with Gasteiger partial charge in [0.05, 0.1) is 5.69 Å². The lowest BCUT2D eigenvalue weighted by Crippen LogP contribution is -2.24. The largest absolute Gasteiger partial charge is 0.385 e. The van der Waals surface area contributed by atoms with Crippen LogP contribution in [0.1, 0.15) is 23.2 Å². The average molecular weight is 238 g/mol. The standard InChI is InChI=1S/C12H22N4O/c1-9-10(2)14-15-12(11(9)8-13)16(3)6-5-7-17-4/h5-8,13H2,1-4H3. The number of ether oxygens (including phenoxy) is 1. The molecule has 0 aliphatic heterocycles. The number of nitrogens with zero attached hydrogens (tertiary/aromatic N) is 3. The van der Waals surface area contributed by atoms with E-state index >= 15 is 0 Å². The van der Waals surface area contributed by atoms with Crippen molar-refractivity contribution >= 4 is 5.82 Å². The molecule has 0 aliphatic carbocycles. The summed E-state index contributed by atoms with van der Waals surface area (Å²) >= 11 is 0. The minimum absolute atomic E-state index is 0.492. The van der Waals surface area contributed by atoms with Gasteiger partial charge in [-0.25, -0.2) is 0 Å². The number of methoxy groups -OCH3 is 1. The molecule has 2 N–H and O–H groups in total. The fourth-order valence-electron chi connectivity index (χ4n) is 1.75. The lowest BCUT2D eigenvalue weighted by atomic mass is 10.1. The molecule has 0 amide bonds. The Morgan fingerprint density at radius 1 is 1.29 bits per heavy atom. The van der Waals surface area contributed by atoms with Crippen LogP contribution in [-0.4, -0.2) is 37.5 Å². The van der Waals surface area contributed by atoms with Crippen molar-refractivity contribution in [1.82, 2.24) is 10.2 Å². The Kier molecular flexibility index (Phi) is 5.31. The Hall–Kier alpha value is -1.20. The zero-order valence-corrected chi connectivity index (χ0v) is 11.2. The van der Waals surface area contributed by atoms with Crippen molar-refractivity contribution in [3.8, 4) is 0 Å². The Morgan fingerprint density at radius 3 is 2.59 bits per heavy atom. The third kappa shape index (κ3) is 3.38. The molecule has 0 fully saturated rings. The molecular formula is C12H22N4O. The summed E-state index contributed by atoms with van der Waals surface area (Å²) in [6.45, 7) is 6.12. The van der Waals surface area contributed by atoms with Gasteiger partial charge in [0, 0.05) is 39.4 Å². The number of nitrogens with two attached hydrogens (primary N) is 1. The highest BCUT2D eigenvalue weighted by Crippen LogP contribution is 2.20. The molecule has 5 heteroatoms. The molecule has 1 aromatic heterocycles. The predicted octanol–water partition coefficient (Wildman–Crippen LogP) is 1.02. The van der Waals surface area contributed by atoms with Crippen LogP contribution >= 0.6 is 0 Å². The Balaban J connectivity index is 2.85. The van der Waals surface area contributed by atoms with Gasteiger partial charge in [0.15, 0.2) is 5.82 Å². The molecule has 5 nitrogen and oxygen atoms in total. The van der Waals surface area contributed by atoms with E-state index in [0.717, 1.165) is 42.2 Å². The normalized spacial score (nSPS) is 10.6. The van der Waals surface area contributed by atoms with Crippen molar-refractivity contribution in [3.05, 3.63) is 16.8 Å². The van der Waals surface area contributed by atoms with Crippen LogP contribution in [0.25, 0.3) is 0 Å². The van der Waals surface area contributed by atoms with Gasteiger partial charge in [-0.2, -0.15) is 5.10 Å². The maximum Gasteiger partial charge on any atom is 0.155 e. The fourth-order valence-corrected chi connectivity index (χ4v) is 1.75. The van der Waals surface area contributed by atoms with Crippen molar-refractivity contribution in [1.29, 1.82) is 0 Å². The van der Waals surface area contributed by atoms with Crippen LogP contribution < -0.4 is 10.6 Å². The minimum atomic E-state index is 0.492. The zero-order valence-electron chi connectivity index (χ0n) is 11.2. The summed E-state index contributed by atoms with van der Waals surface area (Å²) in [4.78, 5) is 2.08. The number of hydrogen-bond acceptors (Lipinski definition) is 5. The molecule has 0 unspecified atom stereocenters. The molecule has 0 atom stereocenters. The van der Waals surface area contributed by atoms with Gasteiger partial charge in [-0.15, -0.1) is 5.10 Å². The number of aromatic nitrogens is 2. The monoisotopic (exact) mass is 238 g/mol. The second kappa shape index (κ2) is 6.51. The van der Waals surface area contributed by atoms with Gasteiger partial charge in [-0.1, -0.05) is 0 Å². The molecular weight excluding hydrogens is 216 g/mol. The second-order valence-corrected chi connectivity index (χ2v) is 4.18. The van der Waals surface area contributed by atoms with Gasteiger partial charge in [-0.3, -0.25) is 0 Å². The van der Waals surface area contributed by atoms with E-state index in [9.17, 15) is 0 Å². The van der Waals surface area contributed by atoms with E-state index in [1.54, 1.807) is 7.11 Å². The maximum atomic E-state index is 5.79. The van der Waals surface area contributed by atoms with Gasteiger partial charge in [0.25, 0.3) is 0 Å². The van der Waals surface area contributed by atoms with Crippen LogP contribution in [-0.2, 0) is 11.3 Å². The number of aryl methyl sites for hydroxylation is 1. The van der Waals surface area contributed by atoms with Crippen molar-refractivity contribution in [2.24, 2.45) is 5.73 Å². The lowest BCUT2D eigenvalue weighted by molar-refractivity contribution is 0.196. The molecule has 0 aromatic carbocycles. The number of anilines is 1. The quantitative estimate of drug-likeness (QED) is 0.750. The van der Waals surface area contributed by atoms with Crippen molar-refractivity contribution in [2.75, 3.05) is 32.2 Å². The molecule has 0 aliphatic rings. The Morgan fingerprint density at radius 2 is 2.00 bits per heavy atom. The van der Waals surface area contributed by atoms with E-state index in [4.69, 9.17) is 10.5 Å². The Labute approximate surface area is 103 Å². The average Bonchev–Trinajstić information content (AvgIpc) is 2.32. The first-order chi connectivity index (χ1) is 8.11. The van der Waals surface area contributed by atoms with Crippen LogP contribution in [0.4, 0.5) is 5.82 Å².